The van der Waals surface area contributed by atoms with E-state index in [2.05, 4.69) is 15.4 Å². The van der Waals surface area contributed by atoms with Crippen molar-refractivity contribution in [3.8, 4) is 11.3 Å². The minimum absolute atomic E-state index is 0.0130. The van der Waals surface area contributed by atoms with Gasteiger partial charge in [-0.15, -0.1) is 0 Å². The first-order valence-electron chi connectivity index (χ1n) is 8.78. The first-order valence-corrected chi connectivity index (χ1v) is 8.78. The molecule has 0 fully saturated rings. The third-order valence-corrected chi connectivity index (χ3v) is 4.38. The lowest BCUT2D eigenvalue weighted by molar-refractivity contribution is -0.139. The number of fused-ring (bicyclic) bond motifs is 1. The fourth-order valence-electron chi connectivity index (χ4n) is 3.01. The molecule has 0 bridgehead atoms. The molecule has 28 heavy (non-hydrogen) atoms. The molecule has 2 N–H and O–H groups in total. The van der Waals surface area contributed by atoms with E-state index in [-0.39, 0.29) is 11.6 Å². The lowest BCUT2D eigenvalue weighted by Gasteiger charge is -2.13. The maximum absolute atomic E-state index is 13.0. The van der Waals surface area contributed by atoms with Crippen molar-refractivity contribution in [3.05, 3.63) is 35.4 Å². The van der Waals surface area contributed by atoms with Crippen molar-refractivity contribution in [2.45, 2.75) is 39.8 Å². The number of carbonyl (C=O) groups is 2. The molecule has 1 unspecified atom stereocenters. The van der Waals surface area contributed by atoms with E-state index in [1.807, 2.05) is 19.9 Å². The van der Waals surface area contributed by atoms with Crippen LogP contribution in [0.2, 0.25) is 0 Å². The van der Waals surface area contributed by atoms with Gasteiger partial charge in [0.1, 0.15) is 18.2 Å². The van der Waals surface area contributed by atoms with Crippen molar-refractivity contribution < 1.29 is 23.5 Å². The lowest BCUT2D eigenvalue weighted by atomic mass is 10.1. The smallest absolute Gasteiger partial charge is 0.328 e. The zero-order valence-corrected chi connectivity index (χ0v) is 16.0. The van der Waals surface area contributed by atoms with Crippen LogP contribution in [0.25, 0.3) is 22.3 Å². The Morgan fingerprint density at radius 2 is 2.04 bits per heavy atom. The maximum atomic E-state index is 13.0. The monoisotopic (exact) mass is 388 g/mol. The average Bonchev–Trinajstić information content (AvgIpc) is 3.20. The number of carbonyl (C=O) groups excluding carboxylic acids is 1. The number of carboxylic acid groups (broad SMARTS) is 1. The molecule has 0 aliphatic heterocycles. The van der Waals surface area contributed by atoms with Crippen molar-refractivity contribution >= 4 is 22.9 Å². The fourth-order valence-corrected chi connectivity index (χ4v) is 3.01. The molecule has 0 aromatic carbocycles. The molecule has 8 nitrogen and oxygen atoms in total. The molecule has 1 atom stereocenters. The van der Waals surface area contributed by atoms with Crippen LogP contribution in [-0.2, 0) is 4.79 Å². The van der Waals surface area contributed by atoms with Crippen LogP contribution < -0.4 is 5.32 Å². The largest absolute Gasteiger partial charge is 0.480 e. The zero-order valence-electron chi connectivity index (χ0n) is 16.0. The molecule has 1 amide bonds. The van der Waals surface area contributed by atoms with Crippen LogP contribution in [0.5, 0.6) is 0 Å². The number of amides is 1. The summed E-state index contributed by atoms with van der Waals surface area (Å²) in [6.07, 6.45) is 1.50. The summed E-state index contributed by atoms with van der Waals surface area (Å²) in [4.78, 5) is 28.5. The van der Waals surface area contributed by atoms with Gasteiger partial charge in [0.25, 0.3) is 5.91 Å². The number of halogens is 1. The van der Waals surface area contributed by atoms with Crippen molar-refractivity contribution in [2.24, 2.45) is 0 Å². The summed E-state index contributed by atoms with van der Waals surface area (Å²) in [7, 11) is 0. The molecule has 3 aromatic rings. The Bertz CT molecular complexity index is 1050. The van der Waals surface area contributed by atoms with E-state index in [1.54, 1.807) is 24.6 Å². The summed E-state index contributed by atoms with van der Waals surface area (Å²) < 4.78 is 20.2. The van der Waals surface area contributed by atoms with Gasteiger partial charge in [0, 0.05) is 11.6 Å². The van der Waals surface area contributed by atoms with Crippen LogP contribution in [0, 0.1) is 13.8 Å². The zero-order chi connectivity index (χ0) is 20.6. The quantitative estimate of drug-likeness (QED) is 0.672. The van der Waals surface area contributed by atoms with Crippen LogP contribution in [0.4, 0.5) is 4.39 Å². The third-order valence-electron chi connectivity index (χ3n) is 4.38. The first kappa shape index (κ1) is 19.5. The molecule has 0 saturated heterocycles. The summed E-state index contributed by atoms with van der Waals surface area (Å²) in [5.41, 5.74) is 1.85. The molecular weight excluding hydrogens is 367 g/mol. The molecule has 3 aromatic heterocycles. The molecule has 3 rings (SSSR count). The van der Waals surface area contributed by atoms with Gasteiger partial charge in [-0.25, -0.2) is 18.9 Å². The highest BCUT2D eigenvalue weighted by Gasteiger charge is 2.24. The Hall–Kier alpha value is -3.23. The van der Waals surface area contributed by atoms with E-state index in [0.717, 1.165) is 0 Å². The Morgan fingerprint density at radius 1 is 1.32 bits per heavy atom. The second kappa shape index (κ2) is 7.41. The number of hydrogen-bond acceptors (Lipinski definition) is 5. The number of aryl methyl sites for hydroxylation is 2. The van der Waals surface area contributed by atoms with Crippen LogP contribution >= 0.6 is 0 Å². The number of alkyl halides is 1. The number of aliphatic carboxylic acids is 1. The number of aromatic nitrogens is 3. The normalized spacial score (nSPS) is 12.5. The summed E-state index contributed by atoms with van der Waals surface area (Å²) >= 11 is 0. The van der Waals surface area contributed by atoms with Gasteiger partial charge >= 0.3 is 5.97 Å². The SMILES string of the molecule is Cc1cc(-c2cc(C(=O)NC(CF)C(=O)O)c3cnn(C(C)C)c3n2)c(C)o1. The molecule has 0 aliphatic rings. The Kier molecular flexibility index (Phi) is 5.17. The van der Waals surface area contributed by atoms with E-state index in [1.165, 1.54) is 6.20 Å². The second-order valence-corrected chi connectivity index (χ2v) is 6.82. The number of nitrogens with one attached hydrogen (secondary N) is 1. The highest BCUT2D eigenvalue weighted by atomic mass is 19.1. The van der Waals surface area contributed by atoms with Crippen LogP contribution in [0.3, 0.4) is 0 Å². The number of carboxylic acids is 1. The van der Waals surface area contributed by atoms with Crippen molar-refractivity contribution in [1.29, 1.82) is 0 Å². The Morgan fingerprint density at radius 3 is 2.57 bits per heavy atom. The molecule has 0 spiro atoms. The second-order valence-electron chi connectivity index (χ2n) is 6.82. The first-order chi connectivity index (χ1) is 13.2. The van der Waals surface area contributed by atoms with Gasteiger partial charge in [-0.05, 0) is 39.8 Å². The van der Waals surface area contributed by atoms with Crippen molar-refractivity contribution in [1.82, 2.24) is 20.1 Å². The highest BCUT2D eigenvalue weighted by molar-refractivity contribution is 6.07. The number of hydrogen-bond donors (Lipinski definition) is 2. The van der Waals surface area contributed by atoms with Gasteiger partial charge in [0.2, 0.25) is 0 Å². The number of pyridine rings is 1. The lowest BCUT2D eigenvalue weighted by Crippen LogP contribution is -2.42. The average molecular weight is 388 g/mol. The summed E-state index contributed by atoms with van der Waals surface area (Å²) in [5, 5.41) is 16.0. The topological polar surface area (TPSA) is 110 Å². The predicted molar refractivity (Wildman–Crippen MR) is 100.0 cm³/mol. The van der Waals surface area contributed by atoms with E-state index in [0.29, 0.717) is 33.8 Å². The summed E-state index contributed by atoms with van der Waals surface area (Å²) in [5.74, 6) is -0.819. The van der Waals surface area contributed by atoms with Gasteiger partial charge in [-0.2, -0.15) is 5.10 Å². The van der Waals surface area contributed by atoms with Gasteiger partial charge < -0.3 is 14.8 Å². The van der Waals surface area contributed by atoms with Gasteiger partial charge in [0.15, 0.2) is 11.7 Å². The third kappa shape index (κ3) is 3.47. The maximum Gasteiger partial charge on any atom is 0.328 e. The minimum atomic E-state index is -1.63. The van der Waals surface area contributed by atoms with Gasteiger partial charge in [-0.1, -0.05) is 0 Å². The molecule has 9 heteroatoms. The summed E-state index contributed by atoms with van der Waals surface area (Å²) in [6, 6.07) is 1.71. The fraction of sp³-hybridized carbons (Fsp3) is 0.368. The van der Waals surface area contributed by atoms with E-state index in [4.69, 9.17) is 9.52 Å². The van der Waals surface area contributed by atoms with E-state index in [9.17, 15) is 14.0 Å². The molecular formula is C19H21FN4O4. The van der Waals surface area contributed by atoms with E-state index < -0.39 is 24.6 Å². The predicted octanol–water partition coefficient (Wildman–Crippen LogP) is 3.04. The van der Waals surface area contributed by atoms with Crippen molar-refractivity contribution in [3.63, 3.8) is 0 Å². The van der Waals surface area contributed by atoms with Gasteiger partial charge in [-0.3, -0.25) is 4.79 Å². The molecule has 0 saturated carbocycles. The minimum Gasteiger partial charge on any atom is -0.480 e. The standard InChI is InChI=1S/C19H21FN4O4/c1-9(2)24-17-14(8-21-24)13(18(25)23-16(7-20)19(26)27)6-15(22-17)12-5-10(3)28-11(12)4/h5-6,8-9,16H,7H2,1-4H3,(H,23,25)(H,26,27). The molecule has 0 radical (unpaired) electrons. The summed E-state index contributed by atoms with van der Waals surface area (Å²) in [6.45, 7) is 6.24. The van der Waals surface area contributed by atoms with Crippen molar-refractivity contribution in [2.75, 3.05) is 6.67 Å². The highest BCUT2D eigenvalue weighted by Crippen LogP contribution is 2.30. The number of rotatable bonds is 6. The van der Waals surface area contributed by atoms with Gasteiger partial charge in [0.05, 0.1) is 22.8 Å². The molecule has 0 aliphatic carbocycles. The van der Waals surface area contributed by atoms with Crippen LogP contribution in [0.15, 0.2) is 22.7 Å². The van der Waals surface area contributed by atoms with Crippen LogP contribution in [-0.4, -0.2) is 44.5 Å². The Balaban J connectivity index is 2.19. The number of nitrogens with zero attached hydrogens (tertiary/aromatic N) is 3. The number of furan rings is 1. The molecule has 3 heterocycles. The van der Waals surface area contributed by atoms with Crippen LogP contribution in [0.1, 0.15) is 41.8 Å². The molecule has 148 valence electrons. The van der Waals surface area contributed by atoms with E-state index >= 15 is 0 Å². The Labute approximate surface area is 160 Å².